The maximum absolute atomic E-state index is 9.16. The van der Waals surface area contributed by atoms with Crippen LogP contribution >= 0.6 is 0 Å². The summed E-state index contributed by atoms with van der Waals surface area (Å²) < 4.78 is 5.49. The minimum Gasteiger partial charge on any atom is -0.496 e. The van der Waals surface area contributed by atoms with Gasteiger partial charge in [-0.05, 0) is 48.4 Å². The van der Waals surface area contributed by atoms with Crippen LogP contribution in [0.15, 0.2) is 18.3 Å². The Morgan fingerprint density at radius 2 is 2.05 bits per heavy atom. The van der Waals surface area contributed by atoms with Gasteiger partial charge < -0.3 is 14.8 Å². The number of aromatic amines is 1. The van der Waals surface area contributed by atoms with Crippen molar-refractivity contribution in [3.05, 3.63) is 29.5 Å². The smallest absolute Gasteiger partial charge is 0.122 e. The molecule has 3 heteroatoms. The molecule has 2 aromatic rings. The van der Waals surface area contributed by atoms with Crippen LogP contribution < -0.4 is 4.74 Å². The zero-order valence-corrected chi connectivity index (χ0v) is 12.1. The van der Waals surface area contributed by atoms with Gasteiger partial charge >= 0.3 is 0 Å². The number of H-pyrrole nitrogens is 1. The van der Waals surface area contributed by atoms with Gasteiger partial charge in [0.15, 0.2) is 0 Å². The number of fused-ring (bicyclic) bond motifs is 1. The van der Waals surface area contributed by atoms with Crippen LogP contribution in [-0.4, -0.2) is 23.8 Å². The highest BCUT2D eigenvalue weighted by atomic mass is 16.5. The average molecular weight is 273 g/mol. The van der Waals surface area contributed by atoms with E-state index < -0.39 is 0 Å². The van der Waals surface area contributed by atoms with E-state index in [1.807, 2.05) is 0 Å². The zero-order chi connectivity index (χ0) is 13.9. The van der Waals surface area contributed by atoms with E-state index in [2.05, 4.69) is 23.3 Å². The Kier molecular flexibility index (Phi) is 3.97. The van der Waals surface area contributed by atoms with Crippen molar-refractivity contribution in [1.29, 1.82) is 0 Å². The number of aliphatic hydroxyl groups is 1. The fourth-order valence-corrected chi connectivity index (χ4v) is 3.47. The van der Waals surface area contributed by atoms with Crippen LogP contribution in [0.1, 0.15) is 49.1 Å². The lowest BCUT2D eigenvalue weighted by Crippen LogP contribution is -2.03. The van der Waals surface area contributed by atoms with Crippen LogP contribution in [0.3, 0.4) is 0 Å². The quantitative estimate of drug-likeness (QED) is 0.891. The van der Waals surface area contributed by atoms with E-state index in [9.17, 15) is 0 Å². The third kappa shape index (κ3) is 2.42. The van der Waals surface area contributed by atoms with Gasteiger partial charge in [-0.15, -0.1) is 0 Å². The van der Waals surface area contributed by atoms with Crippen LogP contribution in [0.5, 0.6) is 5.75 Å². The summed E-state index contributed by atoms with van der Waals surface area (Å²) in [5.41, 5.74) is 3.67. The van der Waals surface area contributed by atoms with Crippen molar-refractivity contribution in [2.45, 2.75) is 44.4 Å². The van der Waals surface area contributed by atoms with Crippen molar-refractivity contribution in [2.75, 3.05) is 13.7 Å². The van der Waals surface area contributed by atoms with E-state index in [4.69, 9.17) is 9.84 Å². The van der Waals surface area contributed by atoms with Crippen LogP contribution in [0.4, 0.5) is 0 Å². The molecule has 0 unspecified atom stereocenters. The van der Waals surface area contributed by atoms with Gasteiger partial charge in [-0.2, -0.15) is 0 Å². The topological polar surface area (TPSA) is 45.2 Å². The summed E-state index contributed by atoms with van der Waals surface area (Å²) in [5.74, 6) is 1.58. The second-order valence-corrected chi connectivity index (χ2v) is 5.76. The molecule has 1 aliphatic carbocycles. The van der Waals surface area contributed by atoms with E-state index in [0.717, 1.165) is 16.8 Å². The highest BCUT2D eigenvalue weighted by Crippen LogP contribution is 2.38. The standard InChI is InChI=1S/C17H23NO2/c1-20-17-10-14-15(12-5-3-2-4-6-12)11-18-16(14)9-13(17)7-8-19/h9-12,18-19H,2-8H2,1H3. The highest BCUT2D eigenvalue weighted by Gasteiger charge is 2.19. The molecule has 3 nitrogen and oxygen atoms in total. The Morgan fingerprint density at radius 1 is 1.25 bits per heavy atom. The van der Waals surface area contributed by atoms with Crippen molar-refractivity contribution in [2.24, 2.45) is 0 Å². The van der Waals surface area contributed by atoms with Gasteiger partial charge in [-0.25, -0.2) is 0 Å². The van der Waals surface area contributed by atoms with Crippen molar-refractivity contribution in [1.82, 2.24) is 4.98 Å². The molecule has 0 spiro atoms. The van der Waals surface area contributed by atoms with E-state index >= 15 is 0 Å². The summed E-state index contributed by atoms with van der Waals surface area (Å²) in [7, 11) is 1.70. The lowest BCUT2D eigenvalue weighted by atomic mass is 9.84. The summed E-state index contributed by atoms with van der Waals surface area (Å²) in [6, 6.07) is 4.26. The Bertz CT molecular complexity index is 582. The fourth-order valence-electron chi connectivity index (χ4n) is 3.47. The van der Waals surface area contributed by atoms with Gasteiger partial charge in [0.05, 0.1) is 7.11 Å². The first-order valence-electron chi connectivity index (χ1n) is 7.62. The third-order valence-electron chi connectivity index (χ3n) is 4.54. The fraction of sp³-hybridized carbons (Fsp3) is 0.529. The van der Waals surface area contributed by atoms with Gasteiger partial charge in [0.25, 0.3) is 0 Å². The summed E-state index contributed by atoms with van der Waals surface area (Å²) in [6.45, 7) is 0.151. The van der Waals surface area contributed by atoms with Gasteiger partial charge in [0.2, 0.25) is 0 Å². The lowest BCUT2D eigenvalue weighted by molar-refractivity contribution is 0.297. The molecule has 3 rings (SSSR count). The molecule has 0 aliphatic heterocycles. The number of ether oxygens (including phenoxy) is 1. The molecule has 2 N–H and O–H groups in total. The van der Waals surface area contributed by atoms with Crippen LogP contribution in [0, 0.1) is 0 Å². The second-order valence-electron chi connectivity index (χ2n) is 5.76. The van der Waals surface area contributed by atoms with Gasteiger partial charge in [-0.1, -0.05) is 19.3 Å². The van der Waals surface area contributed by atoms with Crippen LogP contribution in [0.2, 0.25) is 0 Å². The molecule has 0 bridgehead atoms. The Hall–Kier alpha value is -1.48. The minimum atomic E-state index is 0.151. The Labute approximate surface area is 120 Å². The van der Waals surface area contributed by atoms with E-state index in [0.29, 0.717) is 12.3 Å². The molecule has 1 aromatic carbocycles. The number of rotatable bonds is 4. The molecule has 20 heavy (non-hydrogen) atoms. The zero-order valence-electron chi connectivity index (χ0n) is 12.1. The predicted octanol–water partition coefficient (Wildman–Crippen LogP) is 3.76. The maximum Gasteiger partial charge on any atom is 0.122 e. The Morgan fingerprint density at radius 3 is 2.75 bits per heavy atom. The summed E-state index contributed by atoms with van der Waals surface area (Å²) in [4.78, 5) is 3.40. The number of benzene rings is 1. The monoisotopic (exact) mass is 273 g/mol. The first kappa shape index (κ1) is 13.5. The molecule has 0 atom stereocenters. The average Bonchev–Trinajstić information content (AvgIpc) is 2.90. The molecule has 1 heterocycles. The second kappa shape index (κ2) is 5.88. The highest BCUT2D eigenvalue weighted by molar-refractivity contribution is 5.86. The first-order chi connectivity index (χ1) is 9.83. The van der Waals surface area contributed by atoms with Crippen molar-refractivity contribution in [3.8, 4) is 5.75 Å². The number of nitrogens with one attached hydrogen (secondary N) is 1. The van der Waals surface area contributed by atoms with E-state index in [1.165, 1.54) is 43.1 Å². The maximum atomic E-state index is 9.16. The molecule has 0 saturated heterocycles. The van der Waals surface area contributed by atoms with Crippen LogP contribution in [0.25, 0.3) is 10.9 Å². The largest absolute Gasteiger partial charge is 0.496 e. The molecule has 1 aliphatic rings. The van der Waals surface area contributed by atoms with Gasteiger partial charge in [-0.3, -0.25) is 0 Å². The molecule has 1 fully saturated rings. The van der Waals surface area contributed by atoms with Crippen molar-refractivity contribution in [3.63, 3.8) is 0 Å². The van der Waals surface area contributed by atoms with Gasteiger partial charge in [0, 0.05) is 23.7 Å². The van der Waals surface area contributed by atoms with E-state index in [1.54, 1.807) is 7.11 Å². The minimum absolute atomic E-state index is 0.151. The van der Waals surface area contributed by atoms with Crippen molar-refractivity contribution >= 4 is 10.9 Å². The van der Waals surface area contributed by atoms with Crippen LogP contribution in [-0.2, 0) is 6.42 Å². The molecule has 0 amide bonds. The number of methoxy groups -OCH3 is 1. The normalized spacial score (nSPS) is 16.7. The molecular formula is C17H23NO2. The summed E-state index contributed by atoms with van der Waals surface area (Å²) in [5, 5.41) is 10.4. The molecule has 1 saturated carbocycles. The lowest BCUT2D eigenvalue weighted by Gasteiger charge is -2.21. The molecule has 1 aromatic heterocycles. The number of hydrogen-bond donors (Lipinski definition) is 2. The number of aromatic nitrogens is 1. The van der Waals surface area contributed by atoms with Crippen molar-refractivity contribution < 1.29 is 9.84 Å². The summed E-state index contributed by atoms with van der Waals surface area (Å²) in [6.07, 6.45) is 9.47. The Balaban J connectivity index is 2.02. The molecule has 0 radical (unpaired) electrons. The first-order valence-corrected chi connectivity index (χ1v) is 7.62. The van der Waals surface area contributed by atoms with Gasteiger partial charge in [0.1, 0.15) is 5.75 Å². The third-order valence-corrected chi connectivity index (χ3v) is 4.54. The number of aliphatic hydroxyl groups excluding tert-OH is 1. The number of hydrogen-bond acceptors (Lipinski definition) is 2. The van der Waals surface area contributed by atoms with E-state index in [-0.39, 0.29) is 6.61 Å². The SMILES string of the molecule is COc1cc2c(C3CCCCC3)c[nH]c2cc1CCO. The molecule has 108 valence electrons. The molecular weight excluding hydrogens is 250 g/mol. The summed E-state index contributed by atoms with van der Waals surface area (Å²) >= 11 is 0. The predicted molar refractivity (Wildman–Crippen MR) is 81.5 cm³/mol.